The third-order valence-corrected chi connectivity index (χ3v) is 10.2. The zero-order chi connectivity index (χ0) is 35.7. The van der Waals surface area contributed by atoms with Gasteiger partial charge in [0.2, 0.25) is 11.8 Å². The Morgan fingerprint density at radius 2 is 2.02 bits per heavy atom. The minimum atomic E-state index is -1.58. The van der Waals surface area contributed by atoms with Gasteiger partial charge in [0.15, 0.2) is 11.6 Å². The number of likely N-dealkylation sites (N-methyl/N-ethyl adjacent to an activating group) is 1. The molecule has 0 spiro atoms. The van der Waals surface area contributed by atoms with Crippen molar-refractivity contribution in [3.63, 3.8) is 0 Å². The number of halogens is 1. The monoisotopic (exact) mass is 689 g/mol. The van der Waals surface area contributed by atoms with E-state index in [1.807, 2.05) is 19.9 Å². The molecule has 4 bridgehead atoms. The molecule has 12 nitrogen and oxygen atoms in total. The van der Waals surface area contributed by atoms with Crippen molar-refractivity contribution in [3.05, 3.63) is 64.5 Å². The molecule has 264 valence electrons. The van der Waals surface area contributed by atoms with Gasteiger partial charge in [-0.1, -0.05) is 48.4 Å². The summed E-state index contributed by atoms with van der Waals surface area (Å²) in [6.07, 6.45) is 2.77. The molecule has 4 rings (SSSR count). The highest BCUT2D eigenvalue weighted by Gasteiger charge is 2.64. The Morgan fingerprint density at radius 3 is 2.65 bits per heavy atom. The average Bonchev–Trinajstić information content (AvgIpc) is 3.73. The van der Waals surface area contributed by atoms with Gasteiger partial charge in [0.1, 0.15) is 30.0 Å². The number of nitrogens with one attached hydrogen (secondary N) is 1. The Labute approximate surface area is 287 Å². The second-order valence-corrected chi connectivity index (χ2v) is 13.7. The maximum atomic E-state index is 14.0. The lowest BCUT2D eigenvalue weighted by atomic mass is 9.83. The van der Waals surface area contributed by atoms with Crippen molar-refractivity contribution < 1.29 is 43.5 Å². The van der Waals surface area contributed by atoms with Crippen LogP contribution >= 0.6 is 11.6 Å². The summed E-state index contributed by atoms with van der Waals surface area (Å²) in [6, 6.07) is 2.65. The first-order chi connectivity index (χ1) is 22.4. The summed E-state index contributed by atoms with van der Waals surface area (Å²) < 4.78 is 24.0. The maximum Gasteiger partial charge on any atom is 0.328 e. The number of carbonyl (C=O) groups is 3. The molecule has 2 saturated heterocycles. The van der Waals surface area contributed by atoms with Crippen molar-refractivity contribution in [2.75, 3.05) is 26.1 Å². The fraction of sp³-hybridized carbons (Fsp3) is 0.571. The smallest absolute Gasteiger partial charge is 0.328 e. The first-order valence-corrected chi connectivity index (χ1v) is 16.4. The molecule has 3 N–H and O–H groups in total. The van der Waals surface area contributed by atoms with Gasteiger partial charge in [0.05, 0.1) is 29.8 Å². The molecule has 0 radical (unpaired) electrons. The fourth-order valence-electron chi connectivity index (χ4n) is 6.45. The number of allylic oxidation sites excluding steroid dienone is 3. The van der Waals surface area contributed by atoms with E-state index in [9.17, 15) is 24.6 Å². The molecule has 0 unspecified atom stereocenters. The molecule has 3 aliphatic rings. The second-order valence-electron chi connectivity index (χ2n) is 13.3. The van der Waals surface area contributed by atoms with E-state index in [0.717, 1.165) is 11.1 Å². The van der Waals surface area contributed by atoms with Crippen LogP contribution in [-0.4, -0.2) is 95.9 Å². The molecule has 3 aliphatic heterocycles. The van der Waals surface area contributed by atoms with Crippen LogP contribution in [0.15, 0.2) is 48.4 Å². The third kappa shape index (κ3) is 7.73. The van der Waals surface area contributed by atoms with Crippen LogP contribution in [0.4, 0.5) is 5.69 Å². The van der Waals surface area contributed by atoms with E-state index in [2.05, 4.69) is 11.9 Å². The molecule has 1 aromatic carbocycles. The molecular formula is C35H48ClN3O9. The van der Waals surface area contributed by atoms with E-state index in [4.69, 9.17) is 30.5 Å². The van der Waals surface area contributed by atoms with Crippen LogP contribution in [0.25, 0.3) is 0 Å². The highest BCUT2D eigenvalue weighted by atomic mass is 35.5. The summed E-state index contributed by atoms with van der Waals surface area (Å²) in [5.41, 5.74) is -0.0997. The van der Waals surface area contributed by atoms with Crippen LogP contribution in [0.2, 0.25) is 5.02 Å². The summed E-state index contributed by atoms with van der Waals surface area (Å²) in [5, 5.41) is 25.1. The predicted octanol–water partition coefficient (Wildman–Crippen LogP) is 3.37. The SMILES string of the molecule is C=C1N[C@]2(O)C[C@H](O1)[C@@H](C)[C@@H]1O[C@@]1(C)[C@@H](OC(=O)[C@H](C)N(C)C(C)=O)CC(=O)N(C)c1cc(cc(CO)c1Cl)C/C(C)=C/C=C/[C@H]2OC. The van der Waals surface area contributed by atoms with Gasteiger partial charge in [0, 0.05) is 40.5 Å². The number of epoxide rings is 1. The van der Waals surface area contributed by atoms with Crippen molar-refractivity contribution in [1.29, 1.82) is 0 Å². The fourth-order valence-corrected chi connectivity index (χ4v) is 6.74. The molecule has 8 atom stereocenters. The highest BCUT2D eigenvalue weighted by Crippen LogP contribution is 2.49. The zero-order valence-corrected chi connectivity index (χ0v) is 29.7. The minimum Gasteiger partial charge on any atom is -0.476 e. The Morgan fingerprint density at radius 1 is 1.33 bits per heavy atom. The van der Waals surface area contributed by atoms with E-state index in [1.54, 1.807) is 45.2 Å². The number of rotatable bonds is 5. The van der Waals surface area contributed by atoms with Crippen LogP contribution in [0.3, 0.4) is 0 Å². The number of amides is 2. The van der Waals surface area contributed by atoms with Crippen molar-refractivity contribution in [2.24, 2.45) is 5.92 Å². The summed E-state index contributed by atoms with van der Waals surface area (Å²) in [6.45, 7) is 12.1. The van der Waals surface area contributed by atoms with E-state index >= 15 is 0 Å². The number of ether oxygens (including phenoxy) is 4. The largest absolute Gasteiger partial charge is 0.476 e. The molecule has 2 amide bonds. The molecular weight excluding hydrogens is 642 g/mol. The molecule has 0 aromatic heterocycles. The quantitative estimate of drug-likeness (QED) is 0.310. The first-order valence-electron chi connectivity index (χ1n) is 16.0. The summed E-state index contributed by atoms with van der Waals surface area (Å²) >= 11 is 6.70. The lowest BCUT2D eigenvalue weighted by Crippen LogP contribution is -2.60. The van der Waals surface area contributed by atoms with Gasteiger partial charge in [0.25, 0.3) is 0 Å². The highest BCUT2D eigenvalue weighted by molar-refractivity contribution is 6.34. The summed E-state index contributed by atoms with van der Waals surface area (Å²) in [7, 11) is 4.57. The molecule has 3 heterocycles. The van der Waals surface area contributed by atoms with Crippen LogP contribution in [0, 0.1) is 5.92 Å². The Kier molecular flexibility index (Phi) is 11.4. The predicted molar refractivity (Wildman–Crippen MR) is 180 cm³/mol. The van der Waals surface area contributed by atoms with E-state index < -0.39 is 53.7 Å². The third-order valence-electron chi connectivity index (χ3n) is 9.76. The van der Waals surface area contributed by atoms with Crippen LogP contribution in [0.1, 0.15) is 58.6 Å². The lowest BCUT2D eigenvalue weighted by molar-refractivity contribution is -0.161. The van der Waals surface area contributed by atoms with Gasteiger partial charge in [-0.25, -0.2) is 4.79 Å². The number of benzene rings is 1. The minimum absolute atomic E-state index is 0.107. The summed E-state index contributed by atoms with van der Waals surface area (Å²) in [5.74, 6) is -1.64. The number of esters is 1. The van der Waals surface area contributed by atoms with Gasteiger partial charge >= 0.3 is 5.97 Å². The molecule has 48 heavy (non-hydrogen) atoms. The number of hydrogen-bond acceptors (Lipinski definition) is 10. The van der Waals surface area contributed by atoms with Gasteiger partial charge in [-0.2, -0.15) is 0 Å². The number of anilines is 1. The van der Waals surface area contributed by atoms with Crippen LogP contribution in [0.5, 0.6) is 0 Å². The van der Waals surface area contributed by atoms with Crippen molar-refractivity contribution >= 4 is 35.1 Å². The number of fused-ring (bicyclic) bond motifs is 5. The van der Waals surface area contributed by atoms with E-state index in [0.29, 0.717) is 17.7 Å². The first kappa shape index (κ1) is 37.4. The number of hydrogen-bond donors (Lipinski definition) is 3. The lowest BCUT2D eigenvalue weighted by Gasteiger charge is -2.44. The van der Waals surface area contributed by atoms with Gasteiger partial charge in [-0.05, 0) is 51.0 Å². The second kappa shape index (κ2) is 14.6. The number of aliphatic hydroxyl groups is 2. The van der Waals surface area contributed by atoms with Gasteiger partial charge in [-0.3, -0.25) is 9.59 Å². The number of methoxy groups -OCH3 is 1. The topological polar surface area (TPSA) is 150 Å². The molecule has 0 saturated carbocycles. The number of carbonyl (C=O) groups excluding carboxylic acids is 3. The van der Waals surface area contributed by atoms with E-state index in [1.165, 1.54) is 30.9 Å². The van der Waals surface area contributed by atoms with Crippen LogP contribution in [-0.2, 0) is 46.4 Å². The Hall–Kier alpha value is -3.42. The summed E-state index contributed by atoms with van der Waals surface area (Å²) in [4.78, 5) is 42.0. The molecule has 13 heteroatoms. The molecule has 1 aromatic rings. The standard InChI is InChI=1S/C35H48ClN3O9/c1-19-11-10-12-28(45-9)35(44)17-27(46-22(4)37-35)20(2)32-34(6,48-32)29(47-33(43)21(3)38(7)23(5)41)16-30(42)39(8)26-15-24(13-19)14-25(18-40)31(26)36/h10-12,14-15,20-21,27-29,32,37,40,44H,4,13,16-18H2,1-3,5-9H3/b12-10+,19-11+/t20-,21+,27+,28-,29+,32+,34+,35+/m1/s1. The number of aliphatic hydroxyl groups excluding tert-OH is 1. The van der Waals surface area contributed by atoms with Crippen molar-refractivity contribution in [2.45, 2.75) is 102 Å². The van der Waals surface area contributed by atoms with Gasteiger partial charge in [-0.15, -0.1) is 0 Å². The van der Waals surface area contributed by atoms with Gasteiger partial charge < -0.3 is 44.3 Å². The maximum absolute atomic E-state index is 14.0. The zero-order valence-electron chi connectivity index (χ0n) is 28.9. The Balaban J connectivity index is 1.80. The van der Waals surface area contributed by atoms with Crippen molar-refractivity contribution in [1.82, 2.24) is 10.2 Å². The molecule has 2 fully saturated rings. The van der Waals surface area contributed by atoms with Crippen molar-refractivity contribution in [3.8, 4) is 0 Å². The molecule has 0 aliphatic carbocycles. The Bertz CT molecular complexity index is 1500. The average molecular weight is 690 g/mol. The number of nitrogens with zero attached hydrogens (tertiary/aromatic N) is 2. The normalized spacial score (nSPS) is 33.3. The van der Waals surface area contributed by atoms with E-state index in [-0.39, 0.29) is 42.2 Å². The van der Waals surface area contributed by atoms with Crippen LogP contribution < -0.4 is 10.2 Å².